The number of methoxy groups -OCH3 is 1. The van der Waals surface area contributed by atoms with Gasteiger partial charge in [0.25, 0.3) is 0 Å². The number of carbonyl (C=O) groups excluding carboxylic acids is 1. The Morgan fingerprint density at radius 2 is 1.89 bits per heavy atom. The van der Waals surface area contributed by atoms with Crippen LogP contribution in [0.2, 0.25) is 0 Å². The third kappa shape index (κ3) is 12.0. The minimum absolute atomic E-state index is 0.0144. The molecule has 2 aliphatic carbocycles. The van der Waals surface area contributed by atoms with E-state index in [1.54, 1.807) is 7.11 Å². The van der Waals surface area contributed by atoms with E-state index in [1.807, 2.05) is 44.3 Å². The highest BCUT2D eigenvalue weighted by Crippen LogP contribution is 2.64. The van der Waals surface area contributed by atoms with Gasteiger partial charge in [0.2, 0.25) is 0 Å². The van der Waals surface area contributed by atoms with Gasteiger partial charge in [-0.3, -0.25) is 4.79 Å². The van der Waals surface area contributed by atoms with Crippen LogP contribution in [-0.2, 0) is 28.8 Å². The van der Waals surface area contributed by atoms with Crippen molar-refractivity contribution in [3.05, 3.63) is 130 Å². The summed E-state index contributed by atoms with van der Waals surface area (Å²) in [6, 6.07) is 19.1. The van der Waals surface area contributed by atoms with Gasteiger partial charge in [0.05, 0.1) is 17.8 Å². The first-order chi connectivity index (χ1) is 29.3. The zero-order chi connectivity index (χ0) is 44.0. The molecule has 2 saturated carbocycles. The van der Waals surface area contributed by atoms with E-state index in [0.29, 0.717) is 76.5 Å². The van der Waals surface area contributed by atoms with E-state index in [9.17, 15) is 25.2 Å². The monoisotopic (exact) mass is 837 g/mol. The molecule has 2 bridgehead atoms. The van der Waals surface area contributed by atoms with Crippen molar-refractivity contribution in [3.63, 3.8) is 0 Å². The number of hydrogen-bond donors (Lipinski definition) is 6. The fourth-order valence-electron chi connectivity index (χ4n) is 11.0. The van der Waals surface area contributed by atoms with Crippen molar-refractivity contribution < 1.29 is 30.0 Å². The molecule has 2 aromatic carbocycles. The third-order valence-corrected chi connectivity index (χ3v) is 14.6. The lowest BCUT2D eigenvalue weighted by atomic mass is 9.51. The highest BCUT2D eigenvalue weighted by molar-refractivity contribution is 5.74. The molecule has 1 spiro atoms. The fourth-order valence-corrected chi connectivity index (χ4v) is 11.0. The Bertz CT molecular complexity index is 1870. The first kappa shape index (κ1) is 48.6. The first-order valence-corrected chi connectivity index (χ1v) is 22.9. The average molecular weight is 837 g/mol. The van der Waals surface area contributed by atoms with Crippen LogP contribution in [0.4, 0.5) is 0 Å². The lowest BCUT2D eigenvalue weighted by Crippen LogP contribution is -2.61. The van der Waals surface area contributed by atoms with Gasteiger partial charge in [0.15, 0.2) is 0 Å². The van der Waals surface area contributed by atoms with Crippen molar-refractivity contribution in [1.82, 2.24) is 10.6 Å². The van der Waals surface area contributed by atoms with Crippen LogP contribution in [0.15, 0.2) is 113 Å². The third-order valence-electron chi connectivity index (χ3n) is 14.6. The van der Waals surface area contributed by atoms with Gasteiger partial charge in [-0.2, -0.15) is 0 Å². The molecule has 61 heavy (non-hydrogen) atoms. The number of benzene rings is 2. The van der Waals surface area contributed by atoms with Crippen LogP contribution < -0.4 is 10.6 Å². The van der Waals surface area contributed by atoms with Crippen molar-refractivity contribution in [2.45, 2.75) is 128 Å². The molecule has 334 valence electrons. The normalized spacial score (nSPS) is 31.0. The average Bonchev–Trinajstić information content (AvgIpc) is 3.60. The highest BCUT2D eigenvalue weighted by atomic mass is 16.5. The number of ether oxygens (including phenoxy) is 1. The number of nitrogens with one attached hydrogen (secondary N) is 2. The number of aliphatic hydroxyl groups excluding tert-OH is 3. The number of hydrogen-bond acceptors (Lipinski definition) is 8. The zero-order valence-electron chi connectivity index (χ0n) is 37.8. The Balaban J connectivity index is 1.50. The molecule has 0 saturated heterocycles. The van der Waals surface area contributed by atoms with Crippen LogP contribution >= 0.6 is 0 Å². The van der Waals surface area contributed by atoms with Crippen LogP contribution in [0, 0.1) is 23.2 Å². The highest BCUT2D eigenvalue weighted by Gasteiger charge is 2.65. The summed E-state index contributed by atoms with van der Waals surface area (Å²) in [5.74, 6) is -0.554. The van der Waals surface area contributed by atoms with Gasteiger partial charge < -0.3 is 35.8 Å². The quantitative estimate of drug-likeness (QED) is 0.0387. The van der Waals surface area contributed by atoms with E-state index in [0.717, 1.165) is 60.8 Å². The Morgan fingerprint density at radius 1 is 1.11 bits per heavy atom. The van der Waals surface area contributed by atoms with E-state index in [2.05, 4.69) is 79.6 Å². The van der Waals surface area contributed by atoms with Crippen molar-refractivity contribution in [3.8, 4) is 0 Å². The van der Waals surface area contributed by atoms with E-state index in [4.69, 9.17) is 4.74 Å². The summed E-state index contributed by atoms with van der Waals surface area (Å²) >= 11 is 0. The molecule has 1 aliphatic heterocycles. The second-order valence-electron chi connectivity index (χ2n) is 18.7. The molecular weight excluding hydrogens is 761 g/mol. The maximum atomic E-state index is 12.9. The summed E-state index contributed by atoms with van der Waals surface area (Å²) in [5.41, 5.74) is 6.12. The summed E-state index contributed by atoms with van der Waals surface area (Å²) in [7, 11) is 3.63. The fraction of sp³-hybridized carbons (Fsp3) is 0.566. The molecule has 2 fully saturated rings. The summed E-state index contributed by atoms with van der Waals surface area (Å²) in [6.45, 7) is 13.0. The van der Waals surface area contributed by atoms with Gasteiger partial charge in [0.1, 0.15) is 6.29 Å². The second-order valence-corrected chi connectivity index (χ2v) is 18.7. The Labute approximate surface area is 367 Å². The summed E-state index contributed by atoms with van der Waals surface area (Å²) < 4.78 is 5.48. The number of rotatable bonds is 18. The molecule has 2 aromatic rings. The molecule has 8 nitrogen and oxygen atoms in total. The van der Waals surface area contributed by atoms with E-state index in [1.165, 1.54) is 16.7 Å². The number of carbonyl (C=O) groups is 1. The van der Waals surface area contributed by atoms with Crippen LogP contribution in [0.3, 0.4) is 0 Å². The van der Waals surface area contributed by atoms with E-state index in [-0.39, 0.29) is 24.0 Å². The summed E-state index contributed by atoms with van der Waals surface area (Å²) in [5, 5.41) is 54.9. The van der Waals surface area contributed by atoms with Gasteiger partial charge in [-0.25, -0.2) is 0 Å². The standard InChI is InChI=1S/C53H76N2O6/c1-38-20-22-44(34-42-16-11-17-43(33-42)35-51(4,55-36-38)29-32-61-6)39(2)13-10-18-46(49(58)23-21-41-14-8-7-9-15-41)47-25-27-53(50(47)59)48(19-12-31-56)45(40(3)37-57)24-26-52(53,60)28-30-54-5/h7-11,13-18,20,33,37,44,47-50,54-56,58-60H,2,12,19,21-32,34-36H2,1,3-6H3/b13-10+,38-20+,45-40-,46-18+/t44-,47+,48+,49-,50-,51+,52+,53-/m1/s1. The Morgan fingerprint density at radius 3 is 2.61 bits per heavy atom. The molecule has 0 radical (unpaired) electrons. The lowest BCUT2D eigenvalue weighted by molar-refractivity contribution is -0.181. The number of aryl methyl sites for hydroxylation is 1. The molecule has 8 heteroatoms. The van der Waals surface area contributed by atoms with Crippen LogP contribution in [0.25, 0.3) is 0 Å². The maximum absolute atomic E-state index is 12.9. The lowest BCUT2D eigenvalue weighted by Gasteiger charge is -2.57. The Hall–Kier alpha value is -3.47. The minimum Gasteiger partial charge on any atom is -0.396 e. The van der Waals surface area contributed by atoms with Crippen molar-refractivity contribution in [1.29, 1.82) is 0 Å². The first-order valence-electron chi connectivity index (χ1n) is 22.9. The molecule has 6 N–H and O–H groups in total. The van der Waals surface area contributed by atoms with Gasteiger partial charge >= 0.3 is 0 Å². The van der Waals surface area contributed by atoms with Crippen molar-refractivity contribution in [2.24, 2.45) is 23.2 Å². The van der Waals surface area contributed by atoms with Gasteiger partial charge in [0, 0.05) is 43.7 Å². The molecule has 8 atom stereocenters. The van der Waals surface area contributed by atoms with Gasteiger partial charge in [-0.15, -0.1) is 0 Å². The summed E-state index contributed by atoms with van der Waals surface area (Å²) in [4.78, 5) is 12.3. The number of aldehydes is 1. The van der Waals surface area contributed by atoms with E-state index >= 15 is 0 Å². The zero-order valence-corrected chi connectivity index (χ0v) is 37.8. The largest absolute Gasteiger partial charge is 0.396 e. The SMILES string of the molecule is C=C(/C=C/C=C(/[C@H](O)CCc1ccccc1)[C@@H]1CC[C@]2([C@@H]1O)[C@@H](CCCO)/C(=C(/C)C=O)CC[C@]2(O)CCNC)[C@@H]1C/C=C(\C)CN[C@@](C)(CCOC)Cc2cccc(c2)C1. The molecule has 1 heterocycles. The molecule has 0 aromatic heterocycles. The topological polar surface area (TPSA) is 131 Å². The molecule has 5 rings (SSSR count). The second kappa shape index (κ2) is 22.8. The minimum atomic E-state index is -1.21. The number of fused-ring (bicyclic) bond motifs is 2. The Kier molecular flexibility index (Phi) is 18.1. The maximum Gasteiger partial charge on any atom is 0.145 e. The predicted molar refractivity (Wildman–Crippen MR) is 248 cm³/mol. The molecule has 0 unspecified atom stereocenters. The van der Waals surface area contributed by atoms with Gasteiger partial charge in [-0.1, -0.05) is 102 Å². The predicted octanol–water partition coefficient (Wildman–Crippen LogP) is 7.95. The molecule has 3 aliphatic rings. The van der Waals surface area contributed by atoms with Crippen LogP contribution in [0.5, 0.6) is 0 Å². The molecular formula is C53H76N2O6. The van der Waals surface area contributed by atoms with Crippen LogP contribution in [-0.4, -0.2) is 90.5 Å². The van der Waals surface area contributed by atoms with Gasteiger partial charge in [-0.05, 0) is 158 Å². The summed E-state index contributed by atoms with van der Waals surface area (Å²) in [6.07, 6.45) is 15.8. The molecule has 0 amide bonds. The number of allylic oxidation sites excluding steroid dienone is 7. The van der Waals surface area contributed by atoms with E-state index < -0.39 is 29.1 Å². The van der Waals surface area contributed by atoms with Crippen LogP contribution in [0.1, 0.15) is 102 Å². The van der Waals surface area contributed by atoms with Crippen molar-refractivity contribution >= 4 is 6.29 Å². The van der Waals surface area contributed by atoms with Crippen molar-refractivity contribution in [2.75, 3.05) is 40.5 Å². The smallest absolute Gasteiger partial charge is 0.145 e. The number of aliphatic hydroxyl groups is 4.